The average Bonchev–Trinajstić information content (AvgIpc) is 2.92. The number of hydrogen-bond acceptors (Lipinski definition) is 5. The van der Waals surface area contributed by atoms with Gasteiger partial charge in [0.25, 0.3) is 0 Å². The van der Waals surface area contributed by atoms with Gasteiger partial charge in [0.05, 0.1) is 11.0 Å². The fraction of sp³-hybridized carbons (Fsp3) is 0.286. The van der Waals surface area contributed by atoms with Gasteiger partial charge in [0, 0.05) is 10.8 Å². The third-order valence-electron chi connectivity index (χ3n) is 3.05. The standard InChI is InChI=1S/C14H11F3N4OS/c1-7(2)23-12-11-19-20-13(14(15,16)17)21(11)10-5-8(6-22)3-4-9(10)18-12/h3-7H,1-2H3. The third-order valence-corrected chi connectivity index (χ3v) is 4.02. The molecular weight excluding hydrogens is 329 g/mol. The van der Waals surface area contributed by atoms with Crippen molar-refractivity contribution >= 4 is 34.7 Å². The molecule has 0 saturated heterocycles. The van der Waals surface area contributed by atoms with Gasteiger partial charge < -0.3 is 0 Å². The van der Waals surface area contributed by atoms with Crippen LogP contribution in [0.1, 0.15) is 30.0 Å². The summed E-state index contributed by atoms with van der Waals surface area (Å²) in [6.45, 7) is 3.81. The lowest BCUT2D eigenvalue weighted by Crippen LogP contribution is -2.12. The number of hydrogen-bond donors (Lipinski definition) is 0. The number of nitrogens with zero attached hydrogens (tertiary/aromatic N) is 4. The highest BCUT2D eigenvalue weighted by Crippen LogP contribution is 2.33. The predicted octanol–water partition coefficient (Wildman–Crippen LogP) is 3.61. The Morgan fingerprint density at radius 1 is 1.26 bits per heavy atom. The van der Waals surface area contributed by atoms with E-state index in [9.17, 15) is 18.0 Å². The molecule has 0 N–H and O–H groups in total. The lowest BCUT2D eigenvalue weighted by atomic mass is 10.2. The molecule has 23 heavy (non-hydrogen) atoms. The van der Waals surface area contributed by atoms with E-state index in [-0.39, 0.29) is 22.0 Å². The molecule has 0 unspecified atom stereocenters. The summed E-state index contributed by atoms with van der Waals surface area (Å²) >= 11 is 1.31. The summed E-state index contributed by atoms with van der Waals surface area (Å²) < 4.78 is 40.6. The molecule has 0 radical (unpaired) electrons. The summed E-state index contributed by atoms with van der Waals surface area (Å²) in [7, 11) is 0. The summed E-state index contributed by atoms with van der Waals surface area (Å²) in [4.78, 5) is 15.3. The quantitative estimate of drug-likeness (QED) is 0.538. The Bertz CT molecular complexity index is 904. The Labute approximate surface area is 132 Å². The van der Waals surface area contributed by atoms with Crippen molar-refractivity contribution in [3.63, 3.8) is 0 Å². The highest BCUT2D eigenvalue weighted by Gasteiger charge is 2.38. The Morgan fingerprint density at radius 3 is 2.61 bits per heavy atom. The Balaban J connectivity index is 2.44. The summed E-state index contributed by atoms with van der Waals surface area (Å²) in [5, 5.41) is 7.44. The maximum atomic E-state index is 13.2. The van der Waals surface area contributed by atoms with Crippen LogP contribution in [-0.4, -0.2) is 31.1 Å². The minimum absolute atomic E-state index is 0.0339. The summed E-state index contributed by atoms with van der Waals surface area (Å²) in [6.07, 6.45) is -4.09. The van der Waals surface area contributed by atoms with E-state index in [1.165, 1.54) is 30.0 Å². The number of aromatic nitrogens is 4. The van der Waals surface area contributed by atoms with Crippen LogP contribution in [0.4, 0.5) is 13.2 Å². The molecule has 0 saturated carbocycles. The van der Waals surface area contributed by atoms with Gasteiger partial charge in [-0.25, -0.2) is 4.98 Å². The molecule has 3 rings (SSSR count). The van der Waals surface area contributed by atoms with Crippen molar-refractivity contribution in [3.05, 3.63) is 29.6 Å². The molecule has 0 aliphatic rings. The van der Waals surface area contributed by atoms with Crippen molar-refractivity contribution in [2.45, 2.75) is 30.3 Å². The molecule has 0 atom stereocenters. The SMILES string of the molecule is CC(C)Sc1nc2ccc(C=O)cc2n2c(C(F)(F)F)nnc12. The maximum Gasteiger partial charge on any atom is 0.452 e. The van der Waals surface area contributed by atoms with Crippen LogP contribution in [0.5, 0.6) is 0 Å². The van der Waals surface area contributed by atoms with Gasteiger partial charge in [-0.2, -0.15) is 13.2 Å². The van der Waals surface area contributed by atoms with E-state index in [2.05, 4.69) is 15.2 Å². The lowest BCUT2D eigenvalue weighted by molar-refractivity contribution is -0.145. The minimum Gasteiger partial charge on any atom is -0.298 e. The Morgan fingerprint density at radius 2 is 2.00 bits per heavy atom. The minimum atomic E-state index is -4.66. The molecule has 0 amide bonds. The first kappa shape index (κ1) is 15.7. The molecule has 0 aliphatic carbocycles. The number of fused-ring (bicyclic) bond motifs is 3. The molecule has 120 valence electrons. The number of benzene rings is 1. The molecule has 0 aliphatic heterocycles. The largest absolute Gasteiger partial charge is 0.452 e. The van der Waals surface area contributed by atoms with Gasteiger partial charge in [0.2, 0.25) is 5.82 Å². The van der Waals surface area contributed by atoms with Crippen LogP contribution in [0, 0.1) is 0 Å². The molecule has 3 aromatic rings. The smallest absolute Gasteiger partial charge is 0.298 e. The monoisotopic (exact) mass is 340 g/mol. The Hall–Kier alpha value is -2.16. The van der Waals surface area contributed by atoms with Crippen LogP contribution in [0.25, 0.3) is 16.7 Å². The topological polar surface area (TPSA) is 60.2 Å². The first-order chi connectivity index (χ1) is 10.8. The van der Waals surface area contributed by atoms with E-state index in [1.807, 2.05) is 13.8 Å². The second kappa shape index (κ2) is 5.48. The number of thioether (sulfide) groups is 1. The lowest BCUT2D eigenvalue weighted by Gasteiger charge is -2.11. The zero-order valence-electron chi connectivity index (χ0n) is 12.1. The predicted molar refractivity (Wildman–Crippen MR) is 79.7 cm³/mol. The highest BCUT2D eigenvalue weighted by molar-refractivity contribution is 8.00. The second-order valence-corrected chi connectivity index (χ2v) is 6.70. The summed E-state index contributed by atoms with van der Waals surface area (Å²) in [5.41, 5.74) is 0.782. The van der Waals surface area contributed by atoms with E-state index < -0.39 is 12.0 Å². The normalized spacial score (nSPS) is 12.4. The summed E-state index contributed by atoms with van der Waals surface area (Å²) in [5.74, 6) is -1.13. The fourth-order valence-corrected chi connectivity index (χ4v) is 3.02. The molecule has 5 nitrogen and oxygen atoms in total. The molecule has 9 heteroatoms. The van der Waals surface area contributed by atoms with Crippen molar-refractivity contribution in [1.29, 1.82) is 0 Å². The first-order valence-corrected chi connectivity index (χ1v) is 7.57. The van der Waals surface area contributed by atoms with Crippen LogP contribution < -0.4 is 0 Å². The van der Waals surface area contributed by atoms with Crippen molar-refractivity contribution < 1.29 is 18.0 Å². The van der Waals surface area contributed by atoms with E-state index in [1.54, 1.807) is 0 Å². The van der Waals surface area contributed by atoms with Crippen LogP contribution in [-0.2, 0) is 6.18 Å². The maximum absolute atomic E-state index is 13.2. The van der Waals surface area contributed by atoms with Gasteiger partial charge in [-0.05, 0) is 18.2 Å². The van der Waals surface area contributed by atoms with Crippen LogP contribution in [0.3, 0.4) is 0 Å². The molecule has 2 aromatic heterocycles. The van der Waals surface area contributed by atoms with Crippen LogP contribution in [0.2, 0.25) is 0 Å². The van der Waals surface area contributed by atoms with Crippen LogP contribution >= 0.6 is 11.8 Å². The number of halogens is 3. The van der Waals surface area contributed by atoms with Gasteiger partial charge in [0.1, 0.15) is 11.3 Å². The van der Waals surface area contributed by atoms with Gasteiger partial charge in [-0.15, -0.1) is 10.2 Å². The average molecular weight is 340 g/mol. The van der Waals surface area contributed by atoms with Crippen molar-refractivity contribution in [2.75, 3.05) is 0 Å². The van der Waals surface area contributed by atoms with E-state index in [0.29, 0.717) is 16.8 Å². The zero-order chi connectivity index (χ0) is 16.8. The molecule has 0 bridgehead atoms. The number of rotatable bonds is 3. The molecule has 1 aromatic carbocycles. The van der Waals surface area contributed by atoms with Gasteiger partial charge in [-0.1, -0.05) is 25.6 Å². The van der Waals surface area contributed by atoms with E-state index in [0.717, 1.165) is 4.40 Å². The summed E-state index contributed by atoms with van der Waals surface area (Å²) in [6, 6.07) is 4.38. The molecule has 0 fully saturated rings. The van der Waals surface area contributed by atoms with Gasteiger partial charge >= 0.3 is 6.18 Å². The van der Waals surface area contributed by atoms with E-state index in [4.69, 9.17) is 0 Å². The van der Waals surface area contributed by atoms with Crippen LogP contribution in [0.15, 0.2) is 23.2 Å². The Kier molecular flexibility index (Phi) is 3.75. The van der Waals surface area contributed by atoms with Crippen molar-refractivity contribution in [1.82, 2.24) is 19.6 Å². The van der Waals surface area contributed by atoms with Crippen molar-refractivity contribution in [3.8, 4) is 0 Å². The third kappa shape index (κ3) is 2.76. The van der Waals surface area contributed by atoms with Gasteiger partial charge in [-0.3, -0.25) is 9.20 Å². The number of aldehydes is 1. The van der Waals surface area contributed by atoms with Crippen molar-refractivity contribution in [2.24, 2.45) is 0 Å². The molecule has 2 heterocycles. The fourth-order valence-electron chi connectivity index (χ4n) is 2.18. The highest BCUT2D eigenvalue weighted by atomic mass is 32.2. The number of alkyl halides is 3. The number of carbonyl (C=O) groups excluding carboxylic acids is 1. The van der Waals surface area contributed by atoms with E-state index >= 15 is 0 Å². The second-order valence-electron chi connectivity index (χ2n) is 5.13. The molecular formula is C14H11F3N4OS. The number of carbonyl (C=O) groups is 1. The van der Waals surface area contributed by atoms with Gasteiger partial charge in [0.15, 0.2) is 5.65 Å². The first-order valence-electron chi connectivity index (χ1n) is 6.69. The molecule has 0 spiro atoms. The zero-order valence-corrected chi connectivity index (χ0v) is 12.9.